The third-order valence-electron chi connectivity index (χ3n) is 2.72. The first-order valence-electron chi connectivity index (χ1n) is 6.35. The minimum Gasteiger partial charge on any atom is -0.493 e. The molecule has 2 aromatic rings. The predicted octanol–water partition coefficient (Wildman–Crippen LogP) is 3.60. The maximum absolute atomic E-state index is 13.0. The molecule has 0 saturated heterocycles. The molecule has 3 nitrogen and oxygen atoms in total. The van der Waals surface area contributed by atoms with E-state index in [2.05, 4.69) is 0 Å². The Morgan fingerprint density at radius 2 is 1.75 bits per heavy atom. The predicted molar refractivity (Wildman–Crippen MR) is 75.1 cm³/mol. The van der Waals surface area contributed by atoms with Crippen molar-refractivity contribution in [3.8, 4) is 17.2 Å². The molecule has 0 amide bonds. The second-order valence-corrected chi connectivity index (χ2v) is 4.31. The third-order valence-corrected chi connectivity index (χ3v) is 2.72. The number of rotatable bonds is 6. The molecular formula is C16H17FO3. The van der Waals surface area contributed by atoms with Crippen molar-refractivity contribution in [2.45, 2.75) is 6.92 Å². The van der Waals surface area contributed by atoms with E-state index >= 15 is 0 Å². The Kier molecular flexibility index (Phi) is 4.82. The van der Waals surface area contributed by atoms with Crippen molar-refractivity contribution < 1.29 is 18.6 Å². The van der Waals surface area contributed by atoms with Gasteiger partial charge in [-0.3, -0.25) is 0 Å². The highest BCUT2D eigenvalue weighted by molar-refractivity contribution is 5.42. The Bertz CT molecular complexity index is 569. The molecule has 0 atom stereocenters. The van der Waals surface area contributed by atoms with Crippen molar-refractivity contribution in [1.29, 1.82) is 0 Å². The molecule has 0 saturated carbocycles. The van der Waals surface area contributed by atoms with Crippen molar-refractivity contribution in [3.05, 3.63) is 53.8 Å². The van der Waals surface area contributed by atoms with Crippen LogP contribution in [0.1, 0.15) is 5.56 Å². The number of hydrogen-bond acceptors (Lipinski definition) is 3. The minimum absolute atomic E-state index is 0.316. The molecule has 0 unspecified atom stereocenters. The maximum Gasteiger partial charge on any atom is 0.161 e. The van der Waals surface area contributed by atoms with E-state index in [1.54, 1.807) is 19.2 Å². The largest absolute Gasteiger partial charge is 0.493 e. The monoisotopic (exact) mass is 276 g/mol. The average molecular weight is 276 g/mol. The highest BCUT2D eigenvalue weighted by Crippen LogP contribution is 2.27. The molecule has 0 radical (unpaired) electrons. The fourth-order valence-corrected chi connectivity index (χ4v) is 1.76. The Morgan fingerprint density at radius 1 is 0.950 bits per heavy atom. The summed E-state index contributed by atoms with van der Waals surface area (Å²) in [4.78, 5) is 0. The van der Waals surface area contributed by atoms with E-state index in [-0.39, 0.29) is 5.82 Å². The van der Waals surface area contributed by atoms with E-state index in [0.29, 0.717) is 30.5 Å². The number of ether oxygens (including phenoxy) is 3. The second-order valence-electron chi connectivity index (χ2n) is 4.31. The summed E-state index contributed by atoms with van der Waals surface area (Å²) < 4.78 is 29.2. The van der Waals surface area contributed by atoms with Gasteiger partial charge in [0.05, 0.1) is 7.11 Å². The highest BCUT2D eigenvalue weighted by atomic mass is 19.1. The third kappa shape index (κ3) is 3.88. The number of benzene rings is 2. The van der Waals surface area contributed by atoms with E-state index in [9.17, 15) is 4.39 Å². The van der Waals surface area contributed by atoms with Crippen molar-refractivity contribution in [3.63, 3.8) is 0 Å². The molecule has 0 aliphatic carbocycles. The zero-order valence-electron chi connectivity index (χ0n) is 11.6. The van der Waals surface area contributed by atoms with E-state index in [1.165, 1.54) is 12.1 Å². The zero-order valence-corrected chi connectivity index (χ0v) is 11.6. The van der Waals surface area contributed by atoms with Crippen LogP contribution in [0.15, 0.2) is 42.5 Å². The van der Waals surface area contributed by atoms with Crippen LogP contribution in [0.4, 0.5) is 4.39 Å². The quantitative estimate of drug-likeness (QED) is 0.754. The lowest BCUT2D eigenvalue weighted by atomic mass is 10.2. The molecule has 0 N–H and O–H groups in total. The van der Waals surface area contributed by atoms with Gasteiger partial charge in [0.1, 0.15) is 24.8 Å². The molecule has 0 bridgehead atoms. The molecule has 0 heterocycles. The molecular weight excluding hydrogens is 259 g/mol. The number of halogens is 1. The minimum atomic E-state index is -0.316. The molecule has 0 aromatic heterocycles. The standard InChI is InChI=1S/C16H17FO3/c1-12-6-7-15(16(10-12)18-2)20-9-8-19-14-5-3-4-13(17)11-14/h3-7,10-11H,8-9H2,1-2H3. The van der Waals surface area contributed by atoms with Crippen LogP contribution in [-0.4, -0.2) is 20.3 Å². The van der Waals surface area contributed by atoms with Gasteiger partial charge in [0.25, 0.3) is 0 Å². The van der Waals surface area contributed by atoms with Gasteiger partial charge in [0, 0.05) is 6.07 Å². The van der Waals surface area contributed by atoms with Crippen LogP contribution in [0.25, 0.3) is 0 Å². The van der Waals surface area contributed by atoms with Crippen LogP contribution in [0, 0.1) is 12.7 Å². The van der Waals surface area contributed by atoms with Gasteiger partial charge in [-0.25, -0.2) is 4.39 Å². The number of hydrogen-bond donors (Lipinski definition) is 0. The average Bonchev–Trinajstić information content (AvgIpc) is 2.45. The summed E-state index contributed by atoms with van der Waals surface area (Å²) in [6, 6.07) is 11.7. The molecule has 4 heteroatoms. The summed E-state index contributed by atoms with van der Waals surface area (Å²) in [7, 11) is 1.60. The Hall–Kier alpha value is -2.23. The van der Waals surface area contributed by atoms with Gasteiger partial charge < -0.3 is 14.2 Å². The summed E-state index contributed by atoms with van der Waals surface area (Å²) in [6.45, 7) is 2.68. The zero-order chi connectivity index (χ0) is 14.4. The van der Waals surface area contributed by atoms with Crippen LogP contribution in [0.3, 0.4) is 0 Å². The smallest absolute Gasteiger partial charge is 0.161 e. The summed E-state index contributed by atoms with van der Waals surface area (Å²) in [5.74, 6) is 1.53. The van der Waals surface area contributed by atoms with Gasteiger partial charge >= 0.3 is 0 Å². The topological polar surface area (TPSA) is 27.7 Å². The van der Waals surface area contributed by atoms with E-state index in [1.807, 2.05) is 25.1 Å². The fraction of sp³-hybridized carbons (Fsp3) is 0.250. The van der Waals surface area contributed by atoms with Crippen molar-refractivity contribution in [2.24, 2.45) is 0 Å². The van der Waals surface area contributed by atoms with Gasteiger partial charge in [-0.1, -0.05) is 12.1 Å². The molecule has 2 rings (SSSR count). The molecule has 2 aromatic carbocycles. The van der Waals surface area contributed by atoms with Gasteiger partial charge in [-0.05, 0) is 36.8 Å². The van der Waals surface area contributed by atoms with Gasteiger partial charge in [0.2, 0.25) is 0 Å². The van der Waals surface area contributed by atoms with Crippen LogP contribution in [0.5, 0.6) is 17.2 Å². The van der Waals surface area contributed by atoms with Crippen LogP contribution in [-0.2, 0) is 0 Å². The number of methoxy groups -OCH3 is 1. The van der Waals surface area contributed by atoms with Crippen molar-refractivity contribution in [2.75, 3.05) is 20.3 Å². The van der Waals surface area contributed by atoms with E-state index in [0.717, 1.165) is 5.56 Å². The lowest BCUT2D eigenvalue weighted by Gasteiger charge is -2.12. The van der Waals surface area contributed by atoms with Gasteiger partial charge in [-0.15, -0.1) is 0 Å². The number of aryl methyl sites for hydroxylation is 1. The highest BCUT2D eigenvalue weighted by Gasteiger charge is 2.04. The maximum atomic E-state index is 13.0. The van der Waals surface area contributed by atoms with Crippen LogP contribution >= 0.6 is 0 Å². The van der Waals surface area contributed by atoms with Crippen molar-refractivity contribution >= 4 is 0 Å². The summed E-state index contributed by atoms with van der Waals surface area (Å²) in [5, 5.41) is 0. The summed E-state index contributed by atoms with van der Waals surface area (Å²) in [6.07, 6.45) is 0. The first-order valence-corrected chi connectivity index (χ1v) is 6.35. The Morgan fingerprint density at radius 3 is 2.50 bits per heavy atom. The fourth-order valence-electron chi connectivity index (χ4n) is 1.76. The SMILES string of the molecule is COc1cc(C)ccc1OCCOc1cccc(F)c1. The van der Waals surface area contributed by atoms with Gasteiger partial charge in [-0.2, -0.15) is 0 Å². The molecule has 106 valence electrons. The molecule has 0 aliphatic rings. The molecule has 20 heavy (non-hydrogen) atoms. The molecule has 0 fully saturated rings. The van der Waals surface area contributed by atoms with Gasteiger partial charge in [0.15, 0.2) is 11.5 Å². The first-order chi connectivity index (χ1) is 9.69. The Balaban J connectivity index is 1.84. The van der Waals surface area contributed by atoms with Crippen LogP contribution in [0.2, 0.25) is 0 Å². The normalized spacial score (nSPS) is 10.2. The lowest BCUT2D eigenvalue weighted by Crippen LogP contribution is -2.09. The van der Waals surface area contributed by atoms with E-state index in [4.69, 9.17) is 14.2 Å². The van der Waals surface area contributed by atoms with Crippen molar-refractivity contribution in [1.82, 2.24) is 0 Å². The second kappa shape index (κ2) is 6.80. The van der Waals surface area contributed by atoms with E-state index < -0.39 is 0 Å². The summed E-state index contributed by atoms with van der Waals surface area (Å²) in [5.41, 5.74) is 1.10. The summed E-state index contributed by atoms with van der Waals surface area (Å²) >= 11 is 0. The molecule has 0 aliphatic heterocycles. The van der Waals surface area contributed by atoms with Crippen LogP contribution < -0.4 is 14.2 Å². The first kappa shape index (κ1) is 14.2. The Labute approximate surface area is 117 Å². The lowest BCUT2D eigenvalue weighted by molar-refractivity contribution is 0.211. The molecule has 0 spiro atoms.